The lowest BCUT2D eigenvalue weighted by molar-refractivity contribution is 0.617. The molecule has 10 aromatic carbocycles. The van der Waals surface area contributed by atoms with Gasteiger partial charge in [-0.25, -0.2) is 0 Å². The van der Waals surface area contributed by atoms with Crippen molar-refractivity contribution in [3.8, 4) is 39.1 Å². The molecular formula is C56H33NO2. The van der Waals surface area contributed by atoms with Crippen LogP contribution in [0.15, 0.2) is 209 Å². The summed E-state index contributed by atoms with van der Waals surface area (Å²) in [6.45, 7) is 0. The van der Waals surface area contributed by atoms with Gasteiger partial charge >= 0.3 is 0 Å². The minimum atomic E-state index is 0.840. The number of aromatic nitrogens is 1. The Hall–Kier alpha value is -7.88. The van der Waals surface area contributed by atoms with Gasteiger partial charge in [0.25, 0.3) is 0 Å². The summed E-state index contributed by atoms with van der Waals surface area (Å²) in [6.07, 6.45) is 1.96. The van der Waals surface area contributed by atoms with Crippen LogP contribution >= 0.6 is 0 Å². The molecular weight excluding hydrogens is 719 g/mol. The molecule has 0 unspecified atom stereocenters. The maximum absolute atomic E-state index is 6.88. The first-order valence-electron chi connectivity index (χ1n) is 20.2. The van der Waals surface area contributed by atoms with Crippen LogP contribution in [0.5, 0.6) is 0 Å². The van der Waals surface area contributed by atoms with E-state index in [1.54, 1.807) is 0 Å². The highest BCUT2D eigenvalue weighted by Gasteiger charge is 2.26. The van der Waals surface area contributed by atoms with E-state index >= 15 is 0 Å². The molecule has 0 saturated heterocycles. The Labute approximate surface area is 338 Å². The van der Waals surface area contributed by atoms with Crippen LogP contribution in [0.4, 0.5) is 0 Å². The summed E-state index contributed by atoms with van der Waals surface area (Å²) in [6, 6.07) is 69.7. The zero-order valence-corrected chi connectivity index (χ0v) is 31.8. The lowest BCUT2D eigenvalue weighted by Crippen LogP contribution is -1.94. The highest BCUT2D eigenvalue weighted by molar-refractivity contribution is 6.31. The molecule has 3 aromatic heterocycles. The van der Waals surface area contributed by atoms with E-state index in [9.17, 15) is 0 Å². The number of hydrogen-bond acceptors (Lipinski definition) is 2. The van der Waals surface area contributed by atoms with Gasteiger partial charge in [-0.3, -0.25) is 0 Å². The molecule has 274 valence electrons. The SMILES string of the molecule is c1ccc(-n2c3ccccc3c3c(-c4c5ccccc5c(-c5cc6oc7ccccc7c6c6c(-c7cccc8ccccc78)coc56)c5ccccc45)cccc32)cc1. The van der Waals surface area contributed by atoms with E-state index in [1.807, 2.05) is 12.3 Å². The number of para-hydroxylation sites is 3. The fourth-order valence-electron chi connectivity index (χ4n) is 10.1. The Bertz CT molecular complexity index is 3780. The second kappa shape index (κ2) is 12.3. The van der Waals surface area contributed by atoms with Gasteiger partial charge in [-0.15, -0.1) is 0 Å². The third-order valence-corrected chi connectivity index (χ3v) is 12.4. The first kappa shape index (κ1) is 32.2. The smallest absolute Gasteiger partial charge is 0.143 e. The molecule has 0 bridgehead atoms. The van der Waals surface area contributed by atoms with E-state index in [-0.39, 0.29) is 0 Å². The van der Waals surface area contributed by atoms with Crippen LogP contribution in [0.25, 0.3) is 126 Å². The summed E-state index contributed by atoms with van der Waals surface area (Å²) in [5, 5.41) is 12.7. The van der Waals surface area contributed by atoms with Gasteiger partial charge in [0.2, 0.25) is 0 Å². The largest absolute Gasteiger partial charge is 0.463 e. The van der Waals surface area contributed by atoms with Gasteiger partial charge in [0.1, 0.15) is 16.7 Å². The summed E-state index contributed by atoms with van der Waals surface area (Å²) in [5.41, 5.74) is 12.8. The van der Waals surface area contributed by atoms with E-state index in [2.05, 4.69) is 193 Å². The minimum Gasteiger partial charge on any atom is -0.463 e. The van der Waals surface area contributed by atoms with E-state index < -0.39 is 0 Å². The zero-order chi connectivity index (χ0) is 38.6. The van der Waals surface area contributed by atoms with Gasteiger partial charge in [-0.05, 0) is 85.4 Å². The van der Waals surface area contributed by atoms with Crippen LogP contribution in [-0.4, -0.2) is 4.57 Å². The second-order valence-electron chi connectivity index (χ2n) is 15.5. The first-order chi connectivity index (χ1) is 29.3. The molecule has 0 spiro atoms. The van der Waals surface area contributed by atoms with Crippen molar-refractivity contribution >= 4 is 87.0 Å². The molecule has 0 aliphatic heterocycles. The average Bonchev–Trinajstić information content (AvgIpc) is 4.00. The van der Waals surface area contributed by atoms with Crippen LogP contribution in [0.2, 0.25) is 0 Å². The van der Waals surface area contributed by atoms with Crippen molar-refractivity contribution in [1.82, 2.24) is 4.57 Å². The number of nitrogens with zero attached hydrogens (tertiary/aromatic N) is 1. The summed E-state index contributed by atoms with van der Waals surface area (Å²) < 4.78 is 16.1. The van der Waals surface area contributed by atoms with Gasteiger partial charge in [0.05, 0.1) is 17.3 Å². The Kier molecular flexibility index (Phi) is 6.72. The van der Waals surface area contributed by atoms with Crippen LogP contribution in [0.1, 0.15) is 0 Å². The Morgan fingerprint density at radius 2 is 0.898 bits per heavy atom. The molecule has 3 nitrogen and oxygen atoms in total. The van der Waals surface area contributed by atoms with Crippen LogP contribution in [-0.2, 0) is 0 Å². The molecule has 59 heavy (non-hydrogen) atoms. The molecule has 0 atom stereocenters. The van der Waals surface area contributed by atoms with Gasteiger partial charge in [0.15, 0.2) is 0 Å². The summed E-state index contributed by atoms with van der Waals surface area (Å²) in [7, 11) is 0. The molecule has 0 amide bonds. The van der Waals surface area contributed by atoms with E-state index in [0.29, 0.717) is 0 Å². The maximum Gasteiger partial charge on any atom is 0.143 e. The molecule has 0 aliphatic rings. The summed E-state index contributed by atoms with van der Waals surface area (Å²) in [4.78, 5) is 0. The van der Waals surface area contributed by atoms with Gasteiger partial charge in [-0.1, -0.05) is 158 Å². The summed E-state index contributed by atoms with van der Waals surface area (Å²) >= 11 is 0. The van der Waals surface area contributed by atoms with Crippen LogP contribution in [0.3, 0.4) is 0 Å². The van der Waals surface area contributed by atoms with Crippen molar-refractivity contribution in [1.29, 1.82) is 0 Å². The third-order valence-electron chi connectivity index (χ3n) is 12.4. The molecule has 0 N–H and O–H groups in total. The standard InChI is InChI=1S/C56H33NO2/c1-2-18-35(19-3-1)57-47-29-12-10-25-42(47)53-44(28-15-30-48(53)57)51-38-21-6-8-23-40(38)52(41-24-9-7-22-39(41)51)45-32-50-54(43-26-11-13-31-49(43)59-50)55-46(33-58-56(45)55)37-27-14-17-34-16-4-5-20-36(34)37/h1-33H. The van der Waals surface area contributed by atoms with E-state index in [1.165, 1.54) is 54.5 Å². The normalized spacial score (nSPS) is 12.1. The molecule has 13 rings (SSSR count). The Balaban J connectivity index is 1.17. The second-order valence-corrected chi connectivity index (χ2v) is 15.5. The minimum absolute atomic E-state index is 0.840. The van der Waals surface area contributed by atoms with Crippen molar-refractivity contribution in [2.75, 3.05) is 0 Å². The maximum atomic E-state index is 6.88. The average molecular weight is 752 g/mol. The van der Waals surface area contributed by atoms with Crippen LogP contribution < -0.4 is 0 Å². The Morgan fingerprint density at radius 3 is 1.66 bits per heavy atom. The van der Waals surface area contributed by atoms with E-state index in [4.69, 9.17) is 8.83 Å². The number of furan rings is 2. The topological polar surface area (TPSA) is 31.2 Å². The molecule has 3 heteroatoms. The van der Waals surface area contributed by atoms with E-state index in [0.717, 1.165) is 71.6 Å². The van der Waals surface area contributed by atoms with Crippen molar-refractivity contribution in [2.45, 2.75) is 0 Å². The van der Waals surface area contributed by atoms with Gasteiger partial charge in [-0.2, -0.15) is 0 Å². The molecule has 3 heterocycles. The van der Waals surface area contributed by atoms with Crippen molar-refractivity contribution < 1.29 is 8.83 Å². The predicted molar refractivity (Wildman–Crippen MR) is 247 cm³/mol. The number of rotatable bonds is 4. The number of hydrogen-bond donors (Lipinski definition) is 0. The monoisotopic (exact) mass is 751 g/mol. The van der Waals surface area contributed by atoms with Gasteiger partial charge < -0.3 is 13.4 Å². The predicted octanol–water partition coefficient (Wildman–Crippen LogP) is 15.9. The zero-order valence-electron chi connectivity index (χ0n) is 31.8. The molecule has 0 saturated carbocycles. The lowest BCUT2D eigenvalue weighted by Gasteiger charge is -2.19. The Morgan fingerprint density at radius 1 is 0.339 bits per heavy atom. The number of fused-ring (bicyclic) bond motifs is 11. The highest BCUT2D eigenvalue weighted by atomic mass is 16.3. The lowest BCUT2D eigenvalue weighted by atomic mass is 9.84. The molecule has 0 aliphatic carbocycles. The molecule has 0 fully saturated rings. The third kappa shape index (κ3) is 4.53. The fraction of sp³-hybridized carbons (Fsp3) is 0. The van der Waals surface area contributed by atoms with Crippen molar-refractivity contribution in [3.63, 3.8) is 0 Å². The number of benzene rings is 10. The first-order valence-corrected chi connectivity index (χ1v) is 20.2. The summed E-state index contributed by atoms with van der Waals surface area (Å²) in [5.74, 6) is 0. The van der Waals surface area contributed by atoms with Crippen molar-refractivity contribution in [3.05, 3.63) is 200 Å². The molecule has 13 aromatic rings. The molecule has 0 radical (unpaired) electrons. The van der Waals surface area contributed by atoms with Crippen molar-refractivity contribution in [2.24, 2.45) is 0 Å². The fourth-order valence-corrected chi connectivity index (χ4v) is 10.1. The van der Waals surface area contributed by atoms with Gasteiger partial charge in [0, 0.05) is 49.3 Å². The van der Waals surface area contributed by atoms with Crippen LogP contribution in [0, 0.1) is 0 Å². The quantitative estimate of drug-likeness (QED) is 0.168. The highest BCUT2D eigenvalue weighted by Crippen LogP contribution is 2.51.